The topological polar surface area (TPSA) is 95.5 Å². The Morgan fingerprint density at radius 3 is 2.58 bits per heavy atom. The Balaban J connectivity index is 2.79. The van der Waals surface area contributed by atoms with Crippen LogP contribution in [0.25, 0.3) is 0 Å². The standard InChI is InChI=1S/C5H5BrN2O4/c6-1-2(4(10)11)7-5(12)8-3(1)9/h1-2H,(H,10,11)(H2,7,8,9,12)/t1-,2-/m0/s1. The smallest absolute Gasteiger partial charge is 0.327 e. The average Bonchev–Trinajstić information content (AvgIpc) is 1.96. The van der Waals surface area contributed by atoms with Crippen LogP contribution < -0.4 is 10.6 Å². The third-order valence-corrected chi connectivity index (χ3v) is 2.28. The number of halogens is 1. The van der Waals surface area contributed by atoms with Gasteiger partial charge < -0.3 is 10.4 Å². The molecule has 0 saturated carbocycles. The molecule has 0 aromatic carbocycles. The molecule has 6 nitrogen and oxygen atoms in total. The van der Waals surface area contributed by atoms with E-state index in [-0.39, 0.29) is 0 Å². The van der Waals surface area contributed by atoms with Crippen LogP contribution in [0.5, 0.6) is 0 Å². The lowest BCUT2D eigenvalue weighted by Gasteiger charge is -2.24. The van der Waals surface area contributed by atoms with E-state index in [2.05, 4.69) is 21.2 Å². The number of carbonyl (C=O) groups excluding carboxylic acids is 2. The molecule has 1 aliphatic rings. The Hall–Kier alpha value is -1.11. The molecule has 1 aliphatic heterocycles. The highest BCUT2D eigenvalue weighted by Crippen LogP contribution is 2.09. The fourth-order valence-electron chi connectivity index (χ4n) is 0.770. The Labute approximate surface area is 75.4 Å². The van der Waals surface area contributed by atoms with Gasteiger partial charge in [0.2, 0.25) is 5.91 Å². The van der Waals surface area contributed by atoms with Gasteiger partial charge in [0.1, 0.15) is 10.9 Å². The molecule has 7 heteroatoms. The van der Waals surface area contributed by atoms with Crippen molar-refractivity contribution >= 4 is 33.8 Å². The van der Waals surface area contributed by atoms with Crippen molar-refractivity contribution in [1.29, 1.82) is 0 Å². The third-order valence-electron chi connectivity index (χ3n) is 1.33. The third kappa shape index (κ3) is 1.55. The van der Waals surface area contributed by atoms with Gasteiger partial charge in [0, 0.05) is 0 Å². The van der Waals surface area contributed by atoms with Crippen molar-refractivity contribution in [3.8, 4) is 0 Å². The zero-order chi connectivity index (χ0) is 9.30. The summed E-state index contributed by atoms with van der Waals surface area (Å²) in [6.07, 6.45) is 0. The Kier molecular flexibility index (Phi) is 2.32. The highest BCUT2D eigenvalue weighted by atomic mass is 79.9. The monoisotopic (exact) mass is 236 g/mol. The number of imide groups is 1. The minimum absolute atomic E-state index is 0.647. The highest BCUT2D eigenvalue weighted by molar-refractivity contribution is 9.10. The average molecular weight is 237 g/mol. The first-order chi connectivity index (χ1) is 5.52. The van der Waals surface area contributed by atoms with Crippen molar-refractivity contribution in [1.82, 2.24) is 10.6 Å². The van der Waals surface area contributed by atoms with E-state index in [1.54, 1.807) is 0 Å². The van der Waals surface area contributed by atoms with Crippen LogP contribution in [0.1, 0.15) is 0 Å². The van der Waals surface area contributed by atoms with Crippen LogP contribution in [0.15, 0.2) is 0 Å². The summed E-state index contributed by atoms with van der Waals surface area (Å²) in [7, 11) is 0. The van der Waals surface area contributed by atoms with E-state index in [0.29, 0.717) is 0 Å². The summed E-state index contributed by atoms with van der Waals surface area (Å²) >= 11 is 2.84. The van der Waals surface area contributed by atoms with Gasteiger partial charge in [0.25, 0.3) is 0 Å². The molecule has 1 fully saturated rings. The maximum atomic E-state index is 10.8. The first-order valence-corrected chi connectivity index (χ1v) is 3.92. The second-order valence-corrected chi connectivity index (χ2v) is 3.17. The van der Waals surface area contributed by atoms with Crippen molar-refractivity contribution in [2.75, 3.05) is 0 Å². The molecule has 0 bridgehead atoms. The minimum atomic E-state index is -1.25. The van der Waals surface area contributed by atoms with E-state index in [1.807, 2.05) is 5.32 Å². The van der Waals surface area contributed by atoms with Crippen LogP contribution in [0.3, 0.4) is 0 Å². The normalized spacial score (nSPS) is 29.1. The number of carboxylic acids is 1. The van der Waals surface area contributed by atoms with Gasteiger partial charge >= 0.3 is 12.0 Å². The zero-order valence-electron chi connectivity index (χ0n) is 5.70. The van der Waals surface area contributed by atoms with Gasteiger partial charge in [-0.15, -0.1) is 0 Å². The van der Waals surface area contributed by atoms with Crippen molar-refractivity contribution in [3.05, 3.63) is 0 Å². The Morgan fingerprint density at radius 2 is 2.08 bits per heavy atom. The van der Waals surface area contributed by atoms with Crippen LogP contribution in [0.4, 0.5) is 4.79 Å². The lowest BCUT2D eigenvalue weighted by Crippen LogP contribution is -2.61. The maximum absolute atomic E-state index is 10.8. The molecule has 3 N–H and O–H groups in total. The second-order valence-electron chi connectivity index (χ2n) is 2.18. The van der Waals surface area contributed by atoms with Gasteiger partial charge in [-0.05, 0) is 0 Å². The Morgan fingerprint density at radius 1 is 1.50 bits per heavy atom. The van der Waals surface area contributed by atoms with Crippen LogP contribution in [0, 0.1) is 0 Å². The lowest BCUT2D eigenvalue weighted by atomic mass is 10.2. The lowest BCUT2D eigenvalue weighted by molar-refractivity contribution is -0.141. The molecule has 0 radical (unpaired) electrons. The molecular weight excluding hydrogens is 232 g/mol. The summed E-state index contributed by atoms with van der Waals surface area (Å²) in [5, 5.41) is 12.5. The molecule has 1 heterocycles. The van der Waals surface area contributed by atoms with Crippen LogP contribution in [0.2, 0.25) is 0 Å². The molecule has 66 valence electrons. The molecule has 3 amide bonds. The summed E-state index contributed by atoms with van der Waals surface area (Å²) in [6.45, 7) is 0. The van der Waals surface area contributed by atoms with Crippen LogP contribution >= 0.6 is 15.9 Å². The number of hydrogen-bond acceptors (Lipinski definition) is 3. The molecule has 0 spiro atoms. The number of hydrogen-bond donors (Lipinski definition) is 3. The molecule has 12 heavy (non-hydrogen) atoms. The fraction of sp³-hybridized carbons (Fsp3) is 0.400. The van der Waals surface area contributed by atoms with E-state index >= 15 is 0 Å². The summed E-state index contributed by atoms with van der Waals surface area (Å²) in [5.74, 6) is -1.90. The molecule has 0 aliphatic carbocycles. The number of alkyl halides is 1. The van der Waals surface area contributed by atoms with Crippen LogP contribution in [-0.4, -0.2) is 33.9 Å². The van der Waals surface area contributed by atoms with Gasteiger partial charge in [-0.2, -0.15) is 0 Å². The van der Waals surface area contributed by atoms with Crippen molar-refractivity contribution < 1.29 is 19.5 Å². The molecular formula is C5H5BrN2O4. The first-order valence-electron chi connectivity index (χ1n) is 3.00. The Bertz CT molecular complexity index is 254. The van der Waals surface area contributed by atoms with Gasteiger partial charge in [0.05, 0.1) is 0 Å². The van der Waals surface area contributed by atoms with E-state index in [0.717, 1.165) is 0 Å². The van der Waals surface area contributed by atoms with Gasteiger partial charge in [-0.25, -0.2) is 9.59 Å². The highest BCUT2D eigenvalue weighted by Gasteiger charge is 2.37. The van der Waals surface area contributed by atoms with Crippen molar-refractivity contribution in [3.63, 3.8) is 0 Å². The number of carboxylic acid groups (broad SMARTS) is 1. The SMILES string of the molecule is O=C1NC(=O)[C@@H](Br)[C@@H](C(=O)O)N1. The molecule has 2 atom stereocenters. The van der Waals surface area contributed by atoms with E-state index in [9.17, 15) is 14.4 Å². The van der Waals surface area contributed by atoms with Gasteiger partial charge in [-0.3, -0.25) is 10.1 Å². The van der Waals surface area contributed by atoms with Crippen LogP contribution in [-0.2, 0) is 9.59 Å². The molecule has 0 aromatic heterocycles. The summed E-state index contributed by atoms with van der Waals surface area (Å²) in [5.41, 5.74) is 0. The molecule has 0 unspecified atom stereocenters. The van der Waals surface area contributed by atoms with E-state index < -0.39 is 28.8 Å². The quantitative estimate of drug-likeness (QED) is 0.512. The predicted octanol–water partition coefficient (Wildman–Crippen LogP) is -0.958. The number of nitrogens with one attached hydrogen (secondary N) is 2. The summed E-state index contributed by atoms with van der Waals surface area (Å²) < 4.78 is 0. The van der Waals surface area contributed by atoms with Crippen molar-refractivity contribution in [2.45, 2.75) is 10.9 Å². The fourth-order valence-corrected chi connectivity index (χ4v) is 1.24. The second kappa shape index (κ2) is 3.10. The predicted molar refractivity (Wildman–Crippen MR) is 40.8 cm³/mol. The number of carbonyl (C=O) groups is 3. The largest absolute Gasteiger partial charge is 0.480 e. The van der Waals surface area contributed by atoms with E-state index in [1.165, 1.54) is 0 Å². The summed E-state index contributed by atoms with van der Waals surface area (Å²) in [4.78, 5) is 31.0. The minimum Gasteiger partial charge on any atom is -0.480 e. The number of rotatable bonds is 1. The number of amides is 3. The molecule has 1 saturated heterocycles. The zero-order valence-corrected chi connectivity index (χ0v) is 7.29. The maximum Gasteiger partial charge on any atom is 0.327 e. The number of aliphatic carboxylic acids is 1. The molecule has 1 rings (SSSR count). The van der Waals surface area contributed by atoms with Gasteiger partial charge in [-0.1, -0.05) is 15.9 Å². The van der Waals surface area contributed by atoms with E-state index in [4.69, 9.17) is 5.11 Å². The van der Waals surface area contributed by atoms with Crippen molar-refractivity contribution in [2.24, 2.45) is 0 Å². The number of urea groups is 1. The summed E-state index contributed by atoms with van der Waals surface area (Å²) in [6, 6.07) is -1.99. The van der Waals surface area contributed by atoms with Gasteiger partial charge in [0.15, 0.2) is 0 Å². The first kappa shape index (κ1) is 8.98. The molecule has 0 aromatic rings.